The number of allylic oxidation sites excluding steroid dienone is 1. The SMILES string of the molecule is C[C@]12CCC3C(CC4(CC4)C4=CC(=O)CC[C@@H]43)C1C1CC1[C@@]21CCCO1. The van der Waals surface area contributed by atoms with Crippen LogP contribution in [0.2, 0.25) is 0 Å². The van der Waals surface area contributed by atoms with Gasteiger partial charge < -0.3 is 4.74 Å². The first-order valence-corrected chi connectivity index (χ1v) is 11.5. The van der Waals surface area contributed by atoms with E-state index in [0.717, 1.165) is 55.0 Å². The van der Waals surface area contributed by atoms with Crippen molar-refractivity contribution < 1.29 is 9.53 Å². The van der Waals surface area contributed by atoms with Gasteiger partial charge in [0, 0.05) is 18.4 Å². The van der Waals surface area contributed by atoms with Gasteiger partial charge in [0.25, 0.3) is 0 Å². The molecule has 2 nitrogen and oxygen atoms in total. The Balaban J connectivity index is 1.31. The van der Waals surface area contributed by atoms with Crippen molar-refractivity contribution in [3.05, 3.63) is 11.6 Å². The van der Waals surface area contributed by atoms with Crippen molar-refractivity contribution in [2.24, 2.45) is 46.3 Å². The Morgan fingerprint density at radius 2 is 1.96 bits per heavy atom. The molecule has 1 heterocycles. The van der Waals surface area contributed by atoms with Gasteiger partial charge in [-0.05, 0) is 105 Å². The molecular formula is C24H32O2. The Bertz CT molecular complexity index is 724. The third kappa shape index (κ3) is 1.57. The van der Waals surface area contributed by atoms with Crippen LogP contribution in [0.25, 0.3) is 0 Å². The molecule has 140 valence electrons. The molecule has 2 spiro atoms. The molecule has 6 aliphatic carbocycles. The molecule has 8 atom stereocenters. The van der Waals surface area contributed by atoms with Crippen LogP contribution in [0, 0.1) is 46.3 Å². The Labute approximate surface area is 157 Å². The van der Waals surface area contributed by atoms with Crippen LogP contribution in [0.3, 0.4) is 0 Å². The molecule has 0 aromatic carbocycles. The molecule has 0 aromatic rings. The van der Waals surface area contributed by atoms with Crippen LogP contribution in [0.15, 0.2) is 11.6 Å². The first-order valence-electron chi connectivity index (χ1n) is 11.5. The lowest BCUT2D eigenvalue weighted by molar-refractivity contribution is -0.151. The highest BCUT2D eigenvalue weighted by molar-refractivity contribution is 5.91. The number of hydrogen-bond acceptors (Lipinski definition) is 2. The number of fused-ring (bicyclic) bond motifs is 10. The standard InChI is InChI=1S/C24H32O2/c1-22-7-5-15-16-4-3-14(25)11-19(16)23(8-9-23)13-18(15)21(22)17-12-20(17)24(22)6-2-10-26-24/h11,15-18,20-21H,2-10,12-13H2,1H3/t15?,16-,17?,18?,20?,21?,22+,24+/m1/s1. The second-order valence-electron chi connectivity index (χ2n) is 11.4. The van der Waals surface area contributed by atoms with Crippen molar-refractivity contribution in [2.75, 3.05) is 6.61 Å². The minimum absolute atomic E-state index is 0.253. The number of ketones is 1. The van der Waals surface area contributed by atoms with Crippen LogP contribution >= 0.6 is 0 Å². The minimum atomic E-state index is 0.253. The molecule has 1 saturated heterocycles. The second-order valence-corrected chi connectivity index (χ2v) is 11.4. The Morgan fingerprint density at radius 1 is 1.08 bits per heavy atom. The fourth-order valence-electron chi connectivity index (χ4n) is 9.63. The van der Waals surface area contributed by atoms with Crippen molar-refractivity contribution in [3.8, 4) is 0 Å². The molecular weight excluding hydrogens is 320 g/mol. The summed E-state index contributed by atoms with van der Waals surface area (Å²) in [6.07, 6.45) is 15.1. The normalized spacial score (nSPS) is 58.0. The van der Waals surface area contributed by atoms with E-state index in [1.807, 2.05) is 0 Å². The average Bonchev–Trinajstić information content (AvgIpc) is 3.52. The summed E-state index contributed by atoms with van der Waals surface area (Å²) in [5, 5.41) is 0. The largest absolute Gasteiger partial charge is 0.374 e. The summed E-state index contributed by atoms with van der Waals surface area (Å²) in [5.74, 6) is 5.73. The molecule has 0 N–H and O–H groups in total. The fraction of sp³-hybridized carbons (Fsp3) is 0.875. The fourth-order valence-corrected chi connectivity index (χ4v) is 9.63. The van der Waals surface area contributed by atoms with Crippen LogP contribution in [0.4, 0.5) is 0 Å². The van der Waals surface area contributed by atoms with Gasteiger partial charge in [0.05, 0.1) is 5.60 Å². The summed E-state index contributed by atoms with van der Waals surface area (Å²) in [6, 6.07) is 0. The van der Waals surface area contributed by atoms with E-state index < -0.39 is 0 Å². The van der Waals surface area contributed by atoms with E-state index in [1.54, 1.807) is 5.57 Å². The van der Waals surface area contributed by atoms with Gasteiger partial charge in [-0.15, -0.1) is 0 Å². The maximum Gasteiger partial charge on any atom is 0.155 e. The number of carbonyl (C=O) groups is 1. The summed E-state index contributed by atoms with van der Waals surface area (Å²) in [6.45, 7) is 3.65. The third-order valence-corrected chi connectivity index (χ3v) is 10.7. The predicted molar refractivity (Wildman–Crippen MR) is 99.4 cm³/mol. The van der Waals surface area contributed by atoms with Crippen LogP contribution < -0.4 is 0 Å². The van der Waals surface area contributed by atoms with Crippen molar-refractivity contribution >= 4 is 5.78 Å². The maximum atomic E-state index is 12.2. The van der Waals surface area contributed by atoms with Gasteiger partial charge in [-0.2, -0.15) is 0 Å². The first kappa shape index (κ1) is 15.3. The smallest absolute Gasteiger partial charge is 0.155 e. The molecule has 6 fully saturated rings. The molecule has 26 heavy (non-hydrogen) atoms. The van der Waals surface area contributed by atoms with Gasteiger partial charge in [0.15, 0.2) is 5.78 Å². The van der Waals surface area contributed by atoms with E-state index in [1.165, 1.54) is 51.4 Å². The van der Waals surface area contributed by atoms with Crippen LogP contribution in [-0.4, -0.2) is 18.0 Å². The lowest BCUT2D eigenvalue weighted by Crippen LogP contribution is -2.56. The minimum Gasteiger partial charge on any atom is -0.374 e. The van der Waals surface area contributed by atoms with E-state index in [0.29, 0.717) is 16.6 Å². The average molecular weight is 353 g/mol. The number of hydrogen-bond donors (Lipinski definition) is 0. The lowest BCUT2D eigenvalue weighted by atomic mass is 9.47. The van der Waals surface area contributed by atoms with Gasteiger partial charge in [-0.25, -0.2) is 0 Å². The molecule has 5 unspecified atom stereocenters. The van der Waals surface area contributed by atoms with Gasteiger partial charge in [0.2, 0.25) is 0 Å². The summed E-state index contributed by atoms with van der Waals surface area (Å²) in [5.41, 5.74) is 2.77. The van der Waals surface area contributed by atoms with E-state index in [9.17, 15) is 4.79 Å². The Morgan fingerprint density at radius 3 is 2.73 bits per heavy atom. The van der Waals surface area contributed by atoms with Crippen molar-refractivity contribution in [1.29, 1.82) is 0 Å². The maximum absolute atomic E-state index is 12.2. The monoisotopic (exact) mass is 352 g/mol. The zero-order chi connectivity index (χ0) is 17.3. The van der Waals surface area contributed by atoms with Gasteiger partial charge in [-0.3, -0.25) is 4.79 Å². The lowest BCUT2D eigenvalue weighted by Gasteiger charge is -2.59. The van der Waals surface area contributed by atoms with Crippen molar-refractivity contribution in [2.45, 2.75) is 76.7 Å². The number of rotatable bonds is 0. The summed E-state index contributed by atoms with van der Waals surface area (Å²) < 4.78 is 6.64. The molecule has 7 rings (SSSR count). The molecule has 0 amide bonds. The van der Waals surface area contributed by atoms with E-state index >= 15 is 0 Å². The van der Waals surface area contributed by atoms with E-state index in [2.05, 4.69) is 13.0 Å². The summed E-state index contributed by atoms with van der Waals surface area (Å²) in [4.78, 5) is 12.2. The summed E-state index contributed by atoms with van der Waals surface area (Å²) >= 11 is 0. The Hall–Kier alpha value is -0.630. The highest BCUT2D eigenvalue weighted by Crippen LogP contribution is 2.80. The van der Waals surface area contributed by atoms with Gasteiger partial charge in [0.1, 0.15) is 0 Å². The van der Waals surface area contributed by atoms with Crippen LogP contribution in [0.5, 0.6) is 0 Å². The molecule has 5 saturated carbocycles. The number of carbonyl (C=O) groups excluding carboxylic acids is 1. The predicted octanol–water partition coefficient (Wildman–Crippen LogP) is 4.92. The molecule has 0 aromatic heterocycles. The van der Waals surface area contributed by atoms with Crippen molar-refractivity contribution in [1.82, 2.24) is 0 Å². The van der Waals surface area contributed by atoms with Crippen molar-refractivity contribution in [3.63, 3.8) is 0 Å². The first-order chi connectivity index (χ1) is 12.6. The second kappa shape index (κ2) is 4.50. The Kier molecular flexibility index (Phi) is 2.65. The third-order valence-electron chi connectivity index (χ3n) is 10.7. The molecule has 0 bridgehead atoms. The summed E-state index contributed by atoms with van der Waals surface area (Å²) in [7, 11) is 0. The molecule has 1 aliphatic heterocycles. The zero-order valence-corrected chi connectivity index (χ0v) is 16.1. The molecule has 0 radical (unpaired) electrons. The van der Waals surface area contributed by atoms with Crippen LogP contribution in [0.1, 0.15) is 71.1 Å². The quantitative estimate of drug-likeness (QED) is 0.618. The highest BCUT2D eigenvalue weighted by Gasteiger charge is 2.78. The van der Waals surface area contributed by atoms with Crippen LogP contribution in [-0.2, 0) is 9.53 Å². The topological polar surface area (TPSA) is 26.3 Å². The number of ether oxygens (including phenoxy) is 1. The zero-order valence-electron chi connectivity index (χ0n) is 16.1. The highest BCUT2D eigenvalue weighted by atomic mass is 16.5. The van der Waals surface area contributed by atoms with E-state index in [-0.39, 0.29) is 5.60 Å². The van der Waals surface area contributed by atoms with E-state index in [4.69, 9.17) is 4.74 Å². The molecule has 2 heteroatoms. The van der Waals surface area contributed by atoms with Gasteiger partial charge >= 0.3 is 0 Å². The molecule has 7 aliphatic rings. The van der Waals surface area contributed by atoms with Gasteiger partial charge in [-0.1, -0.05) is 12.5 Å².